The van der Waals surface area contributed by atoms with Crippen molar-refractivity contribution in [3.8, 4) is 0 Å². The van der Waals surface area contributed by atoms with Gasteiger partial charge >= 0.3 is 5.97 Å². The highest BCUT2D eigenvalue weighted by atomic mass is 16.6. The molecule has 0 spiro atoms. The summed E-state index contributed by atoms with van der Waals surface area (Å²) in [7, 11) is 0. The first-order valence-corrected chi connectivity index (χ1v) is 6.02. The Kier molecular flexibility index (Phi) is 3.99. The largest absolute Gasteiger partial charge is 0.453 e. The summed E-state index contributed by atoms with van der Waals surface area (Å²) in [6.45, 7) is 4.45. The molecule has 4 nitrogen and oxygen atoms in total. The van der Waals surface area contributed by atoms with Gasteiger partial charge < -0.3 is 4.74 Å². The number of ether oxygens (including phenoxy) is 1. The number of nitrogens with one attached hydrogen (secondary N) is 1. The Morgan fingerprint density at radius 1 is 1.39 bits per heavy atom. The molecule has 0 amide bonds. The molecule has 0 aliphatic carbocycles. The van der Waals surface area contributed by atoms with Crippen LogP contribution in [0.2, 0.25) is 0 Å². The summed E-state index contributed by atoms with van der Waals surface area (Å²) in [4.78, 5) is 16.8. The number of carbonyl (C=O) groups is 1. The van der Waals surface area contributed by atoms with Crippen LogP contribution in [0.25, 0.3) is 0 Å². The van der Waals surface area contributed by atoms with Gasteiger partial charge in [-0.15, -0.1) is 0 Å². The van der Waals surface area contributed by atoms with Gasteiger partial charge in [0.15, 0.2) is 0 Å². The summed E-state index contributed by atoms with van der Waals surface area (Å²) in [6, 6.07) is 7.93. The molecular weight excluding hydrogens is 230 g/mol. The molecule has 1 aromatic rings. The van der Waals surface area contributed by atoms with E-state index >= 15 is 0 Å². The SMILES string of the molecule is Cc1ccc(C(C)OC(=O)C2=CCCON2)cc1. The monoisotopic (exact) mass is 247 g/mol. The average Bonchev–Trinajstić information content (AvgIpc) is 2.40. The van der Waals surface area contributed by atoms with E-state index in [4.69, 9.17) is 9.57 Å². The fraction of sp³-hybridized carbons (Fsp3) is 0.357. The number of esters is 1. The molecule has 96 valence electrons. The quantitative estimate of drug-likeness (QED) is 0.833. The van der Waals surface area contributed by atoms with Gasteiger partial charge in [0.1, 0.15) is 11.8 Å². The van der Waals surface area contributed by atoms with Crippen molar-refractivity contribution in [1.82, 2.24) is 5.48 Å². The molecule has 0 saturated heterocycles. The number of rotatable bonds is 3. The first-order chi connectivity index (χ1) is 8.66. The average molecular weight is 247 g/mol. The summed E-state index contributed by atoms with van der Waals surface area (Å²) >= 11 is 0. The van der Waals surface area contributed by atoms with E-state index in [0.29, 0.717) is 12.3 Å². The predicted octanol–water partition coefficient (Wildman–Crippen LogP) is 2.41. The van der Waals surface area contributed by atoms with Crippen LogP contribution >= 0.6 is 0 Å². The lowest BCUT2D eigenvalue weighted by molar-refractivity contribution is -0.146. The van der Waals surface area contributed by atoms with Crippen molar-refractivity contribution in [2.45, 2.75) is 26.4 Å². The molecule has 0 saturated carbocycles. The zero-order chi connectivity index (χ0) is 13.0. The zero-order valence-electron chi connectivity index (χ0n) is 10.6. The summed E-state index contributed by atoms with van der Waals surface area (Å²) in [5.74, 6) is -0.386. The van der Waals surface area contributed by atoms with Crippen molar-refractivity contribution in [3.05, 3.63) is 47.2 Å². The van der Waals surface area contributed by atoms with Crippen LogP contribution in [0.3, 0.4) is 0 Å². The summed E-state index contributed by atoms with van der Waals surface area (Å²) in [5, 5.41) is 0. The number of aryl methyl sites for hydroxylation is 1. The number of hydroxylamine groups is 1. The number of carbonyl (C=O) groups excluding carboxylic acids is 1. The molecule has 1 atom stereocenters. The van der Waals surface area contributed by atoms with Crippen molar-refractivity contribution < 1.29 is 14.4 Å². The molecule has 18 heavy (non-hydrogen) atoms. The van der Waals surface area contributed by atoms with Crippen LogP contribution in [0.1, 0.15) is 30.6 Å². The molecule has 0 aromatic heterocycles. The molecule has 1 aliphatic rings. The molecular formula is C14H17NO3. The second-order valence-corrected chi connectivity index (χ2v) is 4.32. The third-order valence-electron chi connectivity index (χ3n) is 2.80. The minimum atomic E-state index is -0.386. The van der Waals surface area contributed by atoms with Gasteiger partial charge in [-0.2, -0.15) is 0 Å². The molecule has 4 heteroatoms. The number of hydrogen-bond acceptors (Lipinski definition) is 4. The Morgan fingerprint density at radius 3 is 2.72 bits per heavy atom. The molecule has 0 radical (unpaired) electrons. The first-order valence-electron chi connectivity index (χ1n) is 6.02. The van der Waals surface area contributed by atoms with E-state index in [9.17, 15) is 4.79 Å². The summed E-state index contributed by atoms with van der Waals surface area (Å²) in [5.41, 5.74) is 5.11. The third kappa shape index (κ3) is 3.11. The van der Waals surface area contributed by atoms with E-state index in [1.54, 1.807) is 6.08 Å². The molecule has 1 aliphatic heterocycles. The van der Waals surface area contributed by atoms with Gasteiger partial charge in [0.2, 0.25) is 0 Å². The van der Waals surface area contributed by atoms with Gasteiger partial charge in [0.25, 0.3) is 0 Å². The van der Waals surface area contributed by atoms with Crippen molar-refractivity contribution in [2.75, 3.05) is 6.61 Å². The van der Waals surface area contributed by atoms with Gasteiger partial charge in [-0.1, -0.05) is 29.8 Å². The van der Waals surface area contributed by atoms with E-state index in [1.807, 2.05) is 38.1 Å². The highest BCUT2D eigenvalue weighted by molar-refractivity contribution is 5.87. The zero-order valence-corrected chi connectivity index (χ0v) is 10.6. The second-order valence-electron chi connectivity index (χ2n) is 4.32. The fourth-order valence-corrected chi connectivity index (χ4v) is 1.69. The normalized spacial score (nSPS) is 16.4. The van der Waals surface area contributed by atoms with Crippen LogP contribution in [0.4, 0.5) is 0 Å². The molecule has 1 aromatic carbocycles. The second kappa shape index (κ2) is 5.69. The van der Waals surface area contributed by atoms with Crippen molar-refractivity contribution >= 4 is 5.97 Å². The highest BCUT2D eigenvalue weighted by Crippen LogP contribution is 2.18. The first kappa shape index (κ1) is 12.6. The van der Waals surface area contributed by atoms with Crippen LogP contribution in [-0.4, -0.2) is 12.6 Å². The predicted molar refractivity (Wildman–Crippen MR) is 67.5 cm³/mol. The minimum absolute atomic E-state index is 0.275. The van der Waals surface area contributed by atoms with Crippen molar-refractivity contribution in [1.29, 1.82) is 0 Å². The van der Waals surface area contributed by atoms with Gasteiger partial charge in [-0.25, -0.2) is 4.79 Å². The van der Waals surface area contributed by atoms with E-state index < -0.39 is 0 Å². The Labute approximate surface area is 107 Å². The fourth-order valence-electron chi connectivity index (χ4n) is 1.69. The Balaban J connectivity index is 1.98. The van der Waals surface area contributed by atoms with Gasteiger partial charge in [-0.05, 0) is 31.9 Å². The summed E-state index contributed by atoms with van der Waals surface area (Å²) in [6.07, 6.45) is 2.23. The molecule has 2 rings (SSSR count). The van der Waals surface area contributed by atoms with Gasteiger partial charge in [0, 0.05) is 0 Å². The summed E-state index contributed by atoms with van der Waals surface area (Å²) < 4.78 is 5.37. The lowest BCUT2D eigenvalue weighted by Gasteiger charge is -2.18. The molecule has 0 bridgehead atoms. The van der Waals surface area contributed by atoms with Crippen LogP contribution < -0.4 is 5.48 Å². The van der Waals surface area contributed by atoms with Crippen LogP contribution in [0, 0.1) is 6.92 Å². The Morgan fingerprint density at radius 2 is 2.11 bits per heavy atom. The van der Waals surface area contributed by atoms with Crippen molar-refractivity contribution in [3.63, 3.8) is 0 Å². The molecule has 0 fully saturated rings. The van der Waals surface area contributed by atoms with E-state index in [1.165, 1.54) is 5.56 Å². The smallest absolute Gasteiger partial charge is 0.356 e. The maximum Gasteiger partial charge on any atom is 0.356 e. The Hall–Kier alpha value is -1.81. The maximum absolute atomic E-state index is 11.8. The van der Waals surface area contributed by atoms with Crippen LogP contribution in [0.5, 0.6) is 0 Å². The highest BCUT2D eigenvalue weighted by Gasteiger charge is 2.17. The van der Waals surface area contributed by atoms with E-state index in [-0.39, 0.29) is 12.1 Å². The molecule has 1 unspecified atom stereocenters. The van der Waals surface area contributed by atoms with Gasteiger partial charge in [-0.3, -0.25) is 10.3 Å². The van der Waals surface area contributed by atoms with Gasteiger partial charge in [0.05, 0.1) is 6.61 Å². The topological polar surface area (TPSA) is 47.6 Å². The number of benzene rings is 1. The lowest BCUT2D eigenvalue weighted by atomic mass is 10.1. The molecule has 1 heterocycles. The van der Waals surface area contributed by atoms with Crippen molar-refractivity contribution in [2.24, 2.45) is 0 Å². The van der Waals surface area contributed by atoms with Crippen LogP contribution in [-0.2, 0) is 14.4 Å². The lowest BCUT2D eigenvalue weighted by Crippen LogP contribution is -2.27. The van der Waals surface area contributed by atoms with Crippen LogP contribution in [0.15, 0.2) is 36.0 Å². The van der Waals surface area contributed by atoms with E-state index in [0.717, 1.165) is 12.0 Å². The minimum Gasteiger partial charge on any atom is -0.453 e. The molecule has 1 N–H and O–H groups in total. The Bertz CT molecular complexity index is 451. The standard InChI is InChI=1S/C14H17NO3/c1-10-5-7-12(8-6-10)11(2)18-14(16)13-4-3-9-17-15-13/h4-8,11,15H,3,9H2,1-2H3. The third-order valence-corrected chi connectivity index (χ3v) is 2.80. The number of hydrogen-bond donors (Lipinski definition) is 1. The maximum atomic E-state index is 11.8. The van der Waals surface area contributed by atoms with E-state index in [2.05, 4.69) is 5.48 Å².